The third kappa shape index (κ3) is 4.26. The van der Waals surface area contributed by atoms with Crippen LogP contribution in [-0.2, 0) is 0 Å². The Bertz CT molecular complexity index is 392. The SMILES string of the molecule is Cc1cc(C(=O)N(CCCl)CC(F)(F)F)no1. The van der Waals surface area contributed by atoms with Crippen molar-refractivity contribution in [2.75, 3.05) is 19.0 Å². The maximum Gasteiger partial charge on any atom is 0.406 e. The Labute approximate surface area is 100 Å². The van der Waals surface area contributed by atoms with Gasteiger partial charge >= 0.3 is 6.18 Å². The lowest BCUT2D eigenvalue weighted by molar-refractivity contribution is -0.140. The summed E-state index contributed by atoms with van der Waals surface area (Å²) < 4.78 is 41.3. The molecular formula is C9H10ClF3N2O2. The number of amides is 1. The monoisotopic (exact) mass is 270 g/mol. The Kier molecular flexibility index (Phi) is 4.39. The van der Waals surface area contributed by atoms with E-state index in [1.807, 2.05) is 0 Å². The highest BCUT2D eigenvalue weighted by Gasteiger charge is 2.33. The first-order chi connectivity index (χ1) is 7.83. The molecule has 0 bridgehead atoms. The van der Waals surface area contributed by atoms with Crippen LogP contribution in [0.25, 0.3) is 0 Å². The van der Waals surface area contributed by atoms with Crippen LogP contribution in [0.5, 0.6) is 0 Å². The quantitative estimate of drug-likeness (QED) is 0.788. The largest absolute Gasteiger partial charge is 0.406 e. The molecule has 0 N–H and O–H groups in total. The van der Waals surface area contributed by atoms with Gasteiger partial charge in [0.25, 0.3) is 5.91 Å². The summed E-state index contributed by atoms with van der Waals surface area (Å²) in [6.07, 6.45) is -4.47. The number of aryl methyl sites for hydroxylation is 1. The molecule has 0 aliphatic heterocycles. The van der Waals surface area contributed by atoms with Crippen LogP contribution >= 0.6 is 11.6 Å². The maximum absolute atomic E-state index is 12.2. The number of halogens is 4. The smallest absolute Gasteiger partial charge is 0.361 e. The van der Waals surface area contributed by atoms with Gasteiger partial charge in [0.05, 0.1) is 0 Å². The van der Waals surface area contributed by atoms with Gasteiger partial charge in [-0.3, -0.25) is 4.79 Å². The second-order valence-electron chi connectivity index (χ2n) is 3.35. The summed E-state index contributed by atoms with van der Waals surface area (Å²) in [5.74, 6) is -0.579. The second-order valence-corrected chi connectivity index (χ2v) is 3.73. The molecule has 1 amide bonds. The fraction of sp³-hybridized carbons (Fsp3) is 0.556. The van der Waals surface area contributed by atoms with E-state index < -0.39 is 18.6 Å². The van der Waals surface area contributed by atoms with Crippen LogP contribution in [-0.4, -0.2) is 41.1 Å². The summed E-state index contributed by atoms with van der Waals surface area (Å²) in [5, 5.41) is 3.37. The van der Waals surface area contributed by atoms with Gasteiger partial charge in [0, 0.05) is 18.5 Å². The third-order valence-electron chi connectivity index (χ3n) is 1.86. The van der Waals surface area contributed by atoms with Crippen molar-refractivity contribution < 1.29 is 22.5 Å². The fourth-order valence-electron chi connectivity index (χ4n) is 1.20. The van der Waals surface area contributed by atoms with Gasteiger partial charge in [-0.1, -0.05) is 5.16 Å². The zero-order valence-electron chi connectivity index (χ0n) is 8.92. The molecule has 1 heterocycles. The molecule has 0 saturated heterocycles. The molecule has 1 rings (SSSR count). The summed E-state index contributed by atoms with van der Waals surface area (Å²) in [4.78, 5) is 12.3. The first-order valence-electron chi connectivity index (χ1n) is 4.69. The molecule has 0 atom stereocenters. The van der Waals surface area contributed by atoms with Gasteiger partial charge in [-0.2, -0.15) is 13.2 Å². The second kappa shape index (κ2) is 5.39. The topological polar surface area (TPSA) is 46.3 Å². The van der Waals surface area contributed by atoms with Crippen molar-refractivity contribution in [2.24, 2.45) is 0 Å². The lowest BCUT2D eigenvalue weighted by Gasteiger charge is -2.21. The molecule has 0 saturated carbocycles. The fourth-order valence-corrected chi connectivity index (χ4v) is 1.40. The van der Waals surface area contributed by atoms with Crippen molar-refractivity contribution >= 4 is 17.5 Å². The van der Waals surface area contributed by atoms with Crippen LogP contribution in [0.1, 0.15) is 16.2 Å². The highest BCUT2D eigenvalue weighted by Crippen LogP contribution is 2.18. The van der Waals surface area contributed by atoms with Crippen molar-refractivity contribution in [2.45, 2.75) is 13.1 Å². The van der Waals surface area contributed by atoms with Gasteiger partial charge in [-0.05, 0) is 6.92 Å². The van der Waals surface area contributed by atoms with E-state index in [1.165, 1.54) is 6.07 Å². The molecule has 0 spiro atoms. The summed E-state index contributed by atoms with van der Waals surface area (Å²) in [6.45, 7) is -0.0182. The third-order valence-corrected chi connectivity index (χ3v) is 2.03. The molecule has 8 heteroatoms. The number of hydrogen-bond acceptors (Lipinski definition) is 3. The predicted molar refractivity (Wildman–Crippen MR) is 53.9 cm³/mol. The molecule has 0 fully saturated rings. The number of carbonyl (C=O) groups is 1. The molecule has 0 unspecified atom stereocenters. The Balaban J connectivity index is 2.80. The van der Waals surface area contributed by atoms with E-state index in [0.29, 0.717) is 10.7 Å². The molecule has 96 valence electrons. The molecule has 1 aromatic rings. The minimum atomic E-state index is -4.47. The zero-order chi connectivity index (χ0) is 13.1. The summed E-state index contributed by atoms with van der Waals surface area (Å²) in [6, 6.07) is 1.28. The van der Waals surface area contributed by atoms with Crippen LogP contribution in [0, 0.1) is 6.92 Å². The van der Waals surface area contributed by atoms with Crippen LogP contribution < -0.4 is 0 Å². The van der Waals surface area contributed by atoms with E-state index in [-0.39, 0.29) is 18.1 Å². The van der Waals surface area contributed by atoms with Crippen LogP contribution in [0.3, 0.4) is 0 Å². The highest BCUT2D eigenvalue weighted by molar-refractivity contribution is 6.18. The molecule has 1 aromatic heterocycles. The Hall–Kier alpha value is -1.24. The van der Waals surface area contributed by atoms with E-state index in [0.717, 1.165) is 0 Å². The van der Waals surface area contributed by atoms with Crippen LogP contribution in [0.4, 0.5) is 13.2 Å². The lowest BCUT2D eigenvalue weighted by atomic mass is 10.3. The zero-order valence-corrected chi connectivity index (χ0v) is 9.68. The predicted octanol–water partition coefficient (Wildman–Crippen LogP) is 2.23. The summed E-state index contributed by atoms with van der Waals surface area (Å²) >= 11 is 5.36. The number of hydrogen-bond donors (Lipinski definition) is 0. The highest BCUT2D eigenvalue weighted by atomic mass is 35.5. The minimum absolute atomic E-state index is 0.0847. The van der Waals surface area contributed by atoms with Crippen LogP contribution in [0.2, 0.25) is 0 Å². The van der Waals surface area contributed by atoms with Crippen molar-refractivity contribution in [1.29, 1.82) is 0 Å². The van der Waals surface area contributed by atoms with Gasteiger partial charge in [0.15, 0.2) is 5.69 Å². The number of carbonyl (C=O) groups excluding carboxylic acids is 1. The van der Waals surface area contributed by atoms with E-state index in [1.54, 1.807) is 6.92 Å². The van der Waals surface area contributed by atoms with Gasteiger partial charge in [-0.15, -0.1) is 11.6 Å². The number of aromatic nitrogens is 1. The summed E-state index contributed by atoms with van der Waals surface area (Å²) in [7, 11) is 0. The van der Waals surface area contributed by atoms with Crippen molar-refractivity contribution in [3.63, 3.8) is 0 Å². The van der Waals surface area contributed by atoms with Gasteiger partial charge in [0.2, 0.25) is 0 Å². The average Bonchev–Trinajstić information content (AvgIpc) is 2.61. The number of alkyl halides is 4. The first kappa shape index (κ1) is 13.8. The van der Waals surface area contributed by atoms with E-state index >= 15 is 0 Å². The van der Waals surface area contributed by atoms with Gasteiger partial charge in [0.1, 0.15) is 12.3 Å². The average molecular weight is 271 g/mol. The maximum atomic E-state index is 12.2. The first-order valence-corrected chi connectivity index (χ1v) is 5.22. The molecule has 0 aliphatic rings. The van der Waals surface area contributed by atoms with E-state index in [9.17, 15) is 18.0 Å². The molecule has 17 heavy (non-hydrogen) atoms. The van der Waals surface area contributed by atoms with Crippen molar-refractivity contribution in [3.8, 4) is 0 Å². The number of nitrogens with zero attached hydrogens (tertiary/aromatic N) is 2. The minimum Gasteiger partial charge on any atom is -0.361 e. The summed E-state index contributed by atoms with van der Waals surface area (Å²) in [5.41, 5.74) is -0.156. The molecule has 4 nitrogen and oxygen atoms in total. The molecule has 0 radical (unpaired) electrons. The van der Waals surface area contributed by atoms with Crippen molar-refractivity contribution in [1.82, 2.24) is 10.1 Å². The normalized spacial score (nSPS) is 11.6. The number of rotatable bonds is 4. The molecule has 0 aliphatic carbocycles. The van der Waals surface area contributed by atoms with Gasteiger partial charge in [-0.25, -0.2) is 0 Å². The van der Waals surface area contributed by atoms with E-state index in [2.05, 4.69) is 9.68 Å². The standard InChI is InChI=1S/C9H10ClF3N2O2/c1-6-4-7(14-17-6)8(16)15(3-2-10)5-9(11,12)13/h4H,2-3,5H2,1H3. The molecular weight excluding hydrogens is 261 g/mol. The Morgan fingerprint density at radius 3 is 2.65 bits per heavy atom. The Morgan fingerprint density at radius 2 is 2.24 bits per heavy atom. The van der Waals surface area contributed by atoms with E-state index in [4.69, 9.17) is 11.6 Å². The lowest BCUT2D eigenvalue weighted by Crippen LogP contribution is -2.40. The Morgan fingerprint density at radius 1 is 1.59 bits per heavy atom. The molecule has 0 aromatic carbocycles. The van der Waals surface area contributed by atoms with Gasteiger partial charge < -0.3 is 9.42 Å². The van der Waals surface area contributed by atoms with Crippen LogP contribution in [0.15, 0.2) is 10.6 Å². The van der Waals surface area contributed by atoms with Crippen molar-refractivity contribution in [3.05, 3.63) is 17.5 Å².